The Morgan fingerprint density at radius 1 is 1.10 bits per heavy atom. The zero-order valence-corrected chi connectivity index (χ0v) is 17.2. The van der Waals surface area contributed by atoms with Gasteiger partial charge in [0.05, 0.1) is 5.75 Å². The molecule has 0 aliphatic rings. The van der Waals surface area contributed by atoms with E-state index in [1.807, 2.05) is 44.2 Å². The van der Waals surface area contributed by atoms with Crippen molar-refractivity contribution in [3.05, 3.63) is 66.3 Å². The lowest BCUT2D eigenvalue weighted by Crippen LogP contribution is -2.38. The largest absolute Gasteiger partial charge is 0.478 e. The molecule has 2 aromatic carbocycles. The first-order chi connectivity index (χ1) is 14.0. The van der Waals surface area contributed by atoms with Crippen molar-refractivity contribution in [2.75, 3.05) is 10.7 Å². The summed E-state index contributed by atoms with van der Waals surface area (Å²) in [5.41, 5.74) is 0.839. The van der Waals surface area contributed by atoms with Crippen LogP contribution in [0.3, 0.4) is 0 Å². The number of halogens is 1. The Bertz CT molecular complexity index is 949. The summed E-state index contributed by atoms with van der Waals surface area (Å²) >= 11 is 1.16. The van der Waals surface area contributed by atoms with Crippen molar-refractivity contribution in [2.24, 2.45) is 0 Å². The summed E-state index contributed by atoms with van der Waals surface area (Å²) in [6.07, 6.45) is -0.624. The van der Waals surface area contributed by atoms with Gasteiger partial charge in [-0.25, -0.2) is 4.39 Å². The second-order valence-electron chi connectivity index (χ2n) is 6.58. The van der Waals surface area contributed by atoms with Gasteiger partial charge >= 0.3 is 0 Å². The van der Waals surface area contributed by atoms with Gasteiger partial charge in [0.1, 0.15) is 0 Å². The molecule has 1 atom stereocenters. The number of hydrogen-bond acceptors (Lipinski definition) is 6. The highest BCUT2D eigenvalue weighted by molar-refractivity contribution is 7.99. The number of amides is 1. The van der Waals surface area contributed by atoms with Gasteiger partial charge in [0.2, 0.25) is 5.91 Å². The Morgan fingerprint density at radius 2 is 1.79 bits per heavy atom. The van der Waals surface area contributed by atoms with E-state index >= 15 is 0 Å². The van der Waals surface area contributed by atoms with Gasteiger partial charge in [-0.3, -0.25) is 4.79 Å². The highest BCUT2D eigenvalue weighted by atomic mass is 32.2. The van der Waals surface area contributed by atoms with Crippen molar-refractivity contribution in [1.82, 2.24) is 10.2 Å². The number of benzene rings is 2. The van der Waals surface area contributed by atoms with E-state index in [0.29, 0.717) is 0 Å². The fourth-order valence-electron chi connectivity index (χ4n) is 2.74. The first kappa shape index (κ1) is 20.9. The molecular weight excluding hydrogens is 393 g/mol. The van der Waals surface area contributed by atoms with Gasteiger partial charge in [-0.05, 0) is 45.0 Å². The van der Waals surface area contributed by atoms with Crippen LogP contribution in [0.1, 0.15) is 32.8 Å². The van der Waals surface area contributed by atoms with Crippen molar-refractivity contribution in [3.63, 3.8) is 0 Å². The number of para-hydroxylation sites is 2. The van der Waals surface area contributed by atoms with Crippen LogP contribution in [0, 0.1) is 5.82 Å². The Labute approximate surface area is 173 Å². The van der Waals surface area contributed by atoms with Crippen molar-refractivity contribution in [2.45, 2.75) is 38.1 Å². The SMILES string of the molecule is CC(C)N(C(=O)CSc1nnc([C@H](C)Oc2ccccc2F)o1)c1ccccc1. The molecule has 0 N–H and O–H groups in total. The highest BCUT2D eigenvalue weighted by Crippen LogP contribution is 2.26. The number of anilines is 1. The summed E-state index contributed by atoms with van der Waals surface area (Å²) in [5.74, 6) is -0.0533. The van der Waals surface area contributed by atoms with Crippen molar-refractivity contribution >= 4 is 23.4 Å². The van der Waals surface area contributed by atoms with Crippen LogP contribution < -0.4 is 9.64 Å². The zero-order chi connectivity index (χ0) is 20.8. The molecule has 0 radical (unpaired) electrons. The predicted octanol–water partition coefficient (Wildman–Crippen LogP) is 4.88. The summed E-state index contributed by atoms with van der Waals surface area (Å²) in [6, 6.07) is 15.6. The molecule has 0 aliphatic carbocycles. The number of hydrogen-bond donors (Lipinski definition) is 0. The number of carbonyl (C=O) groups excluding carboxylic acids is 1. The van der Waals surface area contributed by atoms with Gasteiger partial charge in [0.15, 0.2) is 17.7 Å². The van der Waals surface area contributed by atoms with Crippen LogP contribution in [0.4, 0.5) is 10.1 Å². The molecule has 29 heavy (non-hydrogen) atoms. The number of aromatic nitrogens is 2. The van der Waals surface area contributed by atoms with Crippen molar-refractivity contribution < 1.29 is 18.3 Å². The van der Waals surface area contributed by atoms with Crippen LogP contribution in [0.25, 0.3) is 0 Å². The highest BCUT2D eigenvalue weighted by Gasteiger charge is 2.21. The van der Waals surface area contributed by atoms with Gasteiger partial charge < -0.3 is 14.1 Å². The number of thioether (sulfide) groups is 1. The minimum Gasteiger partial charge on any atom is -0.478 e. The summed E-state index contributed by atoms with van der Waals surface area (Å²) < 4.78 is 24.8. The van der Waals surface area contributed by atoms with Crippen molar-refractivity contribution in [3.8, 4) is 5.75 Å². The third-order valence-corrected chi connectivity index (χ3v) is 4.85. The summed E-state index contributed by atoms with van der Waals surface area (Å²) in [6.45, 7) is 5.61. The molecule has 3 aromatic rings. The lowest BCUT2D eigenvalue weighted by Gasteiger charge is -2.26. The number of ether oxygens (including phenoxy) is 1. The first-order valence-corrected chi connectivity index (χ1v) is 10.2. The molecule has 0 aliphatic heterocycles. The summed E-state index contributed by atoms with van der Waals surface area (Å²) in [5, 5.41) is 8.16. The second-order valence-corrected chi connectivity index (χ2v) is 7.51. The molecule has 1 heterocycles. The van der Waals surface area contributed by atoms with Crippen LogP contribution in [-0.4, -0.2) is 27.9 Å². The van der Waals surface area contributed by atoms with Crippen LogP contribution in [0.2, 0.25) is 0 Å². The van der Waals surface area contributed by atoms with Crippen molar-refractivity contribution in [1.29, 1.82) is 0 Å². The van der Waals surface area contributed by atoms with E-state index in [1.165, 1.54) is 12.1 Å². The van der Waals surface area contributed by atoms with E-state index in [-0.39, 0.29) is 34.6 Å². The van der Waals surface area contributed by atoms with Gasteiger partial charge in [0.25, 0.3) is 11.1 Å². The molecule has 0 saturated heterocycles. The number of nitrogens with zero attached hydrogens (tertiary/aromatic N) is 3. The van der Waals surface area contributed by atoms with Crippen LogP contribution in [-0.2, 0) is 4.79 Å². The average molecular weight is 415 g/mol. The first-order valence-electron chi connectivity index (χ1n) is 9.20. The van der Waals surface area contributed by atoms with Gasteiger partial charge in [-0.1, -0.05) is 42.1 Å². The molecular formula is C21H22FN3O3S. The summed E-state index contributed by atoms with van der Waals surface area (Å²) in [7, 11) is 0. The molecule has 0 unspecified atom stereocenters. The molecule has 0 spiro atoms. The zero-order valence-electron chi connectivity index (χ0n) is 16.4. The maximum Gasteiger partial charge on any atom is 0.277 e. The Balaban J connectivity index is 1.61. The normalized spacial score (nSPS) is 12.0. The molecule has 1 aromatic heterocycles. The van der Waals surface area contributed by atoms with Gasteiger partial charge in [-0.15, -0.1) is 10.2 Å². The molecule has 6 nitrogen and oxygen atoms in total. The lowest BCUT2D eigenvalue weighted by atomic mass is 10.2. The quantitative estimate of drug-likeness (QED) is 0.488. The van der Waals surface area contributed by atoms with Gasteiger partial charge in [0, 0.05) is 11.7 Å². The standard InChI is InChI=1S/C21H22FN3O3S/c1-14(2)25(16-9-5-4-6-10-16)19(26)13-29-21-24-23-20(28-21)15(3)27-18-12-8-7-11-17(18)22/h4-12,14-15H,13H2,1-3H3/t15-/m0/s1. The Kier molecular flexibility index (Phi) is 6.87. The number of rotatable bonds is 8. The minimum atomic E-state index is -0.624. The third-order valence-electron chi connectivity index (χ3n) is 4.05. The third kappa shape index (κ3) is 5.35. The van der Waals surface area contributed by atoms with Crippen LogP contribution in [0.15, 0.2) is 64.2 Å². The molecule has 0 saturated carbocycles. The van der Waals surface area contributed by atoms with E-state index in [0.717, 1.165) is 17.4 Å². The van der Waals surface area contributed by atoms with E-state index in [1.54, 1.807) is 24.0 Å². The Morgan fingerprint density at radius 3 is 2.48 bits per heavy atom. The molecule has 3 rings (SSSR count). The second kappa shape index (κ2) is 9.56. The summed E-state index contributed by atoms with van der Waals surface area (Å²) in [4.78, 5) is 14.5. The van der Waals surface area contributed by atoms with Gasteiger partial charge in [-0.2, -0.15) is 0 Å². The molecule has 1 amide bonds. The predicted molar refractivity (Wildman–Crippen MR) is 110 cm³/mol. The monoisotopic (exact) mass is 415 g/mol. The topological polar surface area (TPSA) is 68.5 Å². The average Bonchev–Trinajstić information content (AvgIpc) is 3.18. The van der Waals surface area contributed by atoms with E-state index < -0.39 is 11.9 Å². The van der Waals surface area contributed by atoms with Crippen LogP contribution >= 0.6 is 11.8 Å². The fraction of sp³-hybridized carbons (Fsp3) is 0.286. The van der Waals surface area contributed by atoms with E-state index in [9.17, 15) is 9.18 Å². The molecule has 0 bridgehead atoms. The molecule has 0 fully saturated rings. The number of carbonyl (C=O) groups is 1. The maximum atomic E-state index is 13.7. The maximum absolute atomic E-state index is 13.7. The molecule has 8 heteroatoms. The smallest absolute Gasteiger partial charge is 0.277 e. The van der Waals surface area contributed by atoms with E-state index in [2.05, 4.69) is 10.2 Å². The van der Waals surface area contributed by atoms with Crippen LogP contribution in [0.5, 0.6) is 5.75 Å². The minimum absolute atomic E-state index is 0.0120. The van der Waals surface area contributed by atoms with E-state index in [4.69, 9.17) is 9.15 Å². The molecule has 152 valence electrons. The Hall–Kier alpha value is -2.87. The fourth-order valence-corrected chi connectivity index (χ4v) is 3.36. The lowest BCUT2D eigenvalue weighted by molar-refractivity contribution is -0.116.